The fraction of sp³-hybridized carbons (Fsp3) is 0.429. The molecule has 0 fully saturated rings. The first-order valence-corrected chi connectivity index (χ1v) is 3.43. The van der Waals surface area contributed by atoms with E-state index in [0.717, 1.165) is 23.9 Å². The van der Waals surface area contributed by atoms with Gasteiger partial charge in [-0.3, -0.25) is 0 Å². The molecule has 0 amide bonds. The van der Waals surface area contributed by atoms with Gasteiger partial charge in [0.05, 0.1) is 0 Å². The third-order valence-corrected chi connectivity index (χ3v) is 1.64. The fourth-order valence-electron chi connectivity index (χ4n) is 1.09. The molecule has 0 atom stereocenters. The first-order valence-electron chi connectivity index (χ1n) is 3.43. The predicted molar refractivity (Wildman–Crippen MR) is 41.3 cm³/mol. The molecule has 10 heavy (non-hydrogen) atoms. The lowest BCUT2D eigenvalue weighted by Crippen LogP contribution is -2.16. The molecule has 3 heteroatoms. The molecule has 54 valence electrons. The second-order valence-corrected chi connectivity index (χ2v) is 2.58. The Morgan fingerprint density at radius 1 is 1.50 bits per heavy atom. The van der Waals surface area contributed by atoms with Gasteiger partial charge in [-0.05, 0) is 25.2 Å². The monoisotopic (exact) mass is 138 g/mol. The largest absolute Gasteiger partial charge is 0.484 e. The van der Waals surface area contributed by atoms with Crippen molar-refractivity contribution in [3.63, 3.8) is 0 Å². The second kappa shape index (κ2) is 3.04. The minimum Gasteiger partial charge on any atom is -0.423 e. The molecule has 0 saturated carbocycles. The van der Waals surface area contributed by atoms with Crippen LogP contribution in [0.25, 0.3) is 0 Å². The van der Waals surface area contributed by atoms with E-state index in [9.17, 15) is 0 Å². The molecule has 0 radical (unpaired) electrons. The van der Waals surface area contributed by atoms with Gasteiger partial charge in [-0.1, -0.05) is 17.7 Å². The third-order valence-electron chi connectivity index (χ3n) is 1.64. The molecule has 1 aliphatic carbocycles. The van der Waals surface area contributed by atoms with E-state index < -0.39 is 7.12 Å². The van der Waals surface area contributed by atoms with Crippen molar-refractivity contribution in [2.75, 3.05) is 0 Å². The summed E-state index contributed by atoms with van der Waals surface area (Å²) in [6, 6.07) is 0. The zero-order chi connectivity index (χ0) is 7.56. The predicted octanol–water partition coefficient (Wildman–Crippen LogP) is 0.665. The van der Waals surface area contributed by atoms with Gasteiger partial charge in [0.15, 0.2) is 0 Å². The van der Waals surface area contributed by atoms with Crippen LogP contribution in [0.3, 0.4) is 0 Å². The van der Waals surface area contributed by atoms with Crippen molar-refractivity contribution in [1.29, 1.82) is 0 Å². The Bertz CT molecular complexity index is 182. The highest BCUT2D eigenvalue weighted by Gasteiger charge is 2.15. The van der Waals surface area contributed by atoms with Crippen molar-refractivity contribution in [1.82, 2.24) is 0 Å². The molecule has 0 unspecified atom stereocenters. The molecule has 2 N–H and O–H groups in total. The zero-order valence-corrected chi connectivity index (χ0v) is 6.04. The van der Waals surface area contributed by atoms with Crippen molar-refractivity contribution in [3.8, 4) is 0 Å². The second-order valence-electron chi connectivity index (χ2n) is 2.58. The summed E-state index contributed by atoms with van der Waals surface area (Å²) in [5, 5.41) is 17.5. The van der Waals surface area contributed by atoms with E-state index in [2.05, 4.69) is 6.08 Å². The lowest BCUT2D eigenvalue weighted by molar-refractivity contribution is 0.416. The van der Waals surface area contributed by atoms with Crippen LogP contribution in [-0.2, 0) is 0 Å². The Morgan fingerprint density at radius 2 is 2.20 bits per heavy atom. The molecule has 1 rings (SSSR count). The summed E-state index contributed by atoms with van der Waals surface area (Å²) in [7, 11) is -1.26. The number of rotatable bonds is 1. The van der Waals surface area contributed by atoms with Gasteiger partial charge in [0.1, 0.15) is 0 Å². The van der Waals surface area contributed by atoms with Crippen LogP contribution in [-0.4, -0.2) is 17.2 Å². The maximum absolute atomic E-state index is 8.75. The first kappa shape index (κ1) is 7.57. The minimum atomic E-state index is -1.26. The van der Waals surface area contributed by atoms with Crippen LogP contribution in [0.5, 0.6) is 0 Å². The molecule has 0 bridgehead atoms. The molecule has 0 aliphatic heterocycles. The Hall–Kier alpha value is -0.535. The van der Waals surface area contributed by atoms with E-state index in [1.54, 1.807) is 0 Å². The Kier molecular flexibility index (Phi) is 2.30. The summed E-state index contributed by atoms with van der Waals surface area (Å²) < 4.78 is 0. The summed E-state index contributed by atoms with van der Waals surface area (Å²) in [6.45, 7) is 1.96. The topological polar surface area (TPSA) is 40.5 Å². The summed E-state index contributed by atoms with van der Waals surface area (Å²) in [5.41, 5.74) is 1.84. The molecule has 0 aromatic carbocycles. The van der Waals surface area contributed by atoms with Gasteiger partial charge in [0.2, 0.25) is 0 Å². The summed E-state index contributed by atoms with van der Waals surface area (Å²) in [5.74, 6) is 0. The number of hydrogen-bond donors (Lipinski definition) is 2. The van der Waals surface area contributed by atoms with Crippen LogP contribution in [0.4, 0.5) is 0 Å². The summed E-state index contributed by atoms with van der Waals surface area (Å²) >= 11 is 0. The fourth-order valence-corrected chi connectivity index (χ4v) is 1.09. The van der Waals surface area contributed by atoms with Crippen molar-refractivity contribution in [2.45, 2.75) is 19.8 Å². The molecule has 1 aliphatic rings. The van der Waals surface area contributed by atoms with Crippen molar-refractivity contribution < 1.29 is 10.0 Å². The molecule has 0 spiro atoms. The van der Waals surface area contributed by atoms with E-state index in [1.165, 1.54) is 0 Å². The molecule has 0 aromatic rings. The standard InChI is InChI=1S/C7H11BO2/c1-6-3-2-4-7(5-6)8(9)10/h3,5,9-10H,2,4H2,1H3. The van der Waals surface area contributed by atoms with Crippen molar-refractivity contribution in [3.05, 3.63) is 23.2 Å². The average Bonchev–Trinajstić information content (AvgIpc) is 1.88. The van der Waals surface area contributed by atoms with Gasteiger partial charge >= 0.3 is 7.12 Å². The van der Waals surface area contributed by atoms with Crippen LogP contribution in [0.2, 0.25) is 0 Å². The van der Waals surface area contributed by atoms with Gasteiger partial charge in [-0.15, -0.1) is 0 Å². The van der Waals surface area contributed by atoms with E-state index >= 15 is 0 Å². The van der Waals surface area contributed by atoms with Gasteiger partial charge in [0.25, 0.3) is 0 Å². The molecule has 2 nitrogen and oxygen atoms in total. The molecule has 0 saturated heterocycles. The van der Waals surface area contributed by atoms with Gasteiger partial charge in [0, 0.05) is 0 Å². The normalized spacial score (nSPS) is 17.9. The van der Waals surface area contributed by atoms with Crippen LogP contribution in [0.15, 0.2) is 23.2 Å². The van der Waals surface area contributed by atoms with Gasteiger partial charge in [-0.25, -0.2) is 0 Å². The maximum atomic E-state index is 8.75. The van der Waals surface area contributed by atoms with E-state index in [4.69, 9.17) is 10.0 Å². The molecule has 0 aromatic heterocycles. The minimum absolute atomic E-state index is 0.722. The zero-order valence-electron chi connectivity index (χ0n) is 6.04. The number of allylic oxidation sites excluding steroid dienone is 4. The molecule has 0 heterocycles. The maximum Gasteiger partial charge on any atom is 0.484 e. The Labute approximate surface area is 61.0 Å². The lowest BCUT2D eigenvalue weighted by atomic mass is 9.74. The van der Waals surface area contributed by atoms with Crippen LogP contribution in [0, 0.1) is 0 Å². The van der Waals surface area contributed by atoms with Crippen LogP contribution >= 0.6 is 0 Å². The van der Waals surface area contributed by atoms with Crippen LogP contribution in [0.1, 0.15) is 19.8 Å². The first-order chi connectivity index (χ1) is 4.70. The summed E-state index contributed by atoms with van der Waals surface area (Å²) in [6.07, 6.45) is 5.62. The highest BCUT2D eigenvalue weighted by atomic mass is 16.4. The Morgan fingerprint density at radius 3 is 2.60 bits per heavy atom. The SMILES string of the molecule is CC1=CCCC(B(O)O)=C1. The van der Waals surface area contributed by atoms with Crippen molar-refractivity contribution in [2.24, 2.45) is 0 Å². The highest BCUT2D eigenvalue weighted by Crippen LogP contribution is 2.16. The molecular weight excluding hydrogens is 127 g/mol. The van der Waals surface area contributed by atoms with Crippen LogP contribution < -0.4 is 0 Å². The van der Waals surface area contributed by atoms with E-state index in [0.29, 0.717) is 0 Å². The summed E-state index contributed by atoms with van der Waals surface area (Å²) in [4.78, 5) is 0. The lowest BCUT2D eigenvalue weighted by Gasteiger charge is -2.09. The Balaban J connectivity index is 2.69. The van der Waals surface area contributed by atoms with Gasteiger partial charge < -0.3 is 10.0 Å². The quantitative estimate of drug-likeness (QED) is 0.522. The van der Waals surface area contributed by atoms with Crippen molar-refractivity contribution >= 4 is 7.12 Å². The van der Waals surface area contributed by atoms with Gasteiger partial charge in [-0.2, -0.15) is 0 Å². The number of hydrogen-bond acceptors (Lipinski definition) is 2. The highest BCUT2D eigenvalue weighted by molar-refractivity contribution is 6.50. The average molecular weight is 138 g/mol. The third kappa shape index (κ3) is 1.72. The smallest absolute Gasteiger partial charge is 0.423 e. The van der Waals surface area contributed by atoms with E-state index in [-0.39, 0.29) is 0 Å². The van der Waals surface area contributed by atoms with E-state index in [1.807, 2.05) is 13.0 Å². The molecular formula is C7H11BO2.